The molecule has 0 saturated carbocycles. The molecule has 1 aliphatic heterocycles. The Labute approximate surface area is 238 Å². The number of aromatic nitrogens is 1. The van der Waals surface area contributed by atoms with E-state index < -0.39 is 12.0 Å². The monoisotopic (exact) mass is 581 g/mol. The predicted octanol–water partition coefficient (Wildman–Crippen LogP) is 7.09. The van der Waals surface area contributed by atoms with Crippen LogP contribution in [0.25, 0.3) is 22.0 Å². The average molecular weight is 583 g/mol. The second-order valence-corrected chi connectivity index (χ2v) is 10.5. The maximum absolute atomic E-state index is 13.6. The summed E-state index contributed by atoms with van der Waals surface area (Å²) in [7, 11) is 0. The zero-order valence-electron chi connectivity index (χ0n) is 20.5. The van der Waals surface area contributed by atoms with Gasteiger partial charge in [-0.25, -0.2) is 5.01 Å². The summed E-state index contributed by atoms with van der Waals surface area (Å²) in [6.45, 7) is 0. The maximum Gasteiger partial charge on any atom is 0.303 e. The minimum atomic E-state index is -0.987. The van der Waals surface area contributed by atoms with Crippen LogP contribution in [0.4, 0.5) is 0 Å². The fourth-order valence-corrected chi connectivity index (χ4v) is 5.56. The van der Waals surface area contributed by atoms with E-state index in [9.17, 15) is 14.4 Å². The first kappa shape index (κ1) is 26.9. The number of nitrogens with zero attached hydrogens (tertiary/aromatic N) is 2. The van der Waals surface area contributed by atoms with Gasteiger partial charge >= 0.3 is 5.97 Å². The Balaban J connectivity index is 1.68. The minimum Gasteiger partial charge on any atom is -0.481 e. The van der Waals surface area contributed by atoms with Crippen LogP contribution in [-0.2, 0) is 9.59 Å². The van der Waals surface area contributed by atoms with Gasteiger partial charge < -0.3 is 10.1 Å². The summed E-state index contributed by atoms with van der Waals surface area (Å²) < 4.78 is 0. The van der Waals surface area contributed by atoms with Gasteiger partial charge in [0.05, 0.1) is 17.3 Å². The largest absolute Gasteiger partial charge is 0.481 e. The van der Waals surface area contributed by atoms with Crippen molar-refractivity contribution in [3.05, 3.63) is 103 Å². The summed E-state index contributed by atoms with van der Waals surface area (Å²) in [5.41, 5.74) is 3.05. The van der Waals surface area contributed by atoms with E-state index in [1.54, 1.807) is 36.4 Å². The number of halogens is 3. The summed E-state index contributed by atoms with van der Waals surface area (Å²) in [5, 5.41) is 17.0. The Bertz CT molecular complexity index is 1690. The van der Waals surface area contributed by atoms with Crippen molar-refractivity contribution < 1.29 is 14.7 Å². The van der Waals surface area contributed by atoms with E-state index in [2.05, 4.69) is 10.1 Å². The van der Waals surface area contributed by atoms with Gasteiger partial charge in [0.25, 0.3) is 5.56 Å². The summed E-state index contributed by atoms with van der Waals surface area (Å²) in [5.74, 6) is -1.36. The predicted molar refractivity (Wildman–Crippen MR) is 154 cm³/mol. The van der Waals surface area contributed by atoms with Crippen molar-refractivity contribution in [3.63, 3.8) is 0 Å². The van der Waals surface area contributed by atoms with Crippen molar-refractivity contribution in [2.45, 2.75) is 31.7 Å². The first-order chi connectivity index (χ1) is 18.7. The summed E-state index contributed by atoms with van der Waals surface area (Å²) in [6, 6.07) is 19.1. The molecule has 0 saturated heterocycles. The third kappa shape index (κ3) is 5.57. The number of H-pyrrole nitrogens is 1. The van der Waals surface area contributed by atoms with E-state index in [4.69, 9.17) is 39.9 Å². The first-order valence-electron chi connectivity index (χ1n) is 12.2. The summed E-state index contributed by atoms with van der Waals surface area (Å²) in [6.07, 6.45) is 0.188. The lowest BCUT2D eigenvalue weighted by molar-refractivity contribution is -0.137. The molecule has 1 unspecified atom stereocenters. The van der Waals surface area contributed by atoms with Crippen LogP contribution < -0.4 is 5.56 Å². The van der Waals surface area contributed by atoms with E-state index >= 15 is 0 Å². The fourth-order valence-electron chi connectivity index (χ4n) is 4.86. The van der Waals surface area contributed by atoms with Crippen molar-refractivity contribution in [2.75, 3.05) is 0 Å². The molecular weight excluding hydrogens is 561 g/mol. The molecule has 2 N–H and O–H groups in total. The van der Waals surface area contributed by atoms with Gasteiger partial charge in [-0.05, 0) is 47.9 Å². The van der Waals surface area contributed by atoms with Gasteiger partial charge in [-0.2, -0.15) is 5.10 Å². The number of hydrazone groups is 1. The molecule has 1 aliphatic rings. The number of carbonyl (C=O) groups is 2. The highest BCUT2D eigenvalue weighted by atomic mass is 35.5. The third-order valence-corrected chi connectivity index (χ3v) is 7.39. The van der Waals surface area contributed by atoms with Crippen LogP contribution in [0.15, 0.2) is 76.6 Å². The van der Waals surface area contributed by atoms with Crippen LogP contribution in [-0.4, -0.2) is 32.7 Å². The molecule has 0 fully saturated rings. The molecule has 1 amide bonds. The number of fused-ring (bicyclic) bond motifs is 1. The molecular formula is C29H22Cl3N3O4. The van der Waals surface area contributed by atoms with E-state index in [-0.39, 0.29) is 37.1 Å². The second kappa shape index (κ2) is 11.2. The molecule has 7 nitrogen and oxygen atoms in total. The van der Waals surface area contributed by atoms with Crippen LogP contribution in [0.5, 0.6) is 0 Å². The molecule has 3 aromatic carbocycles. The maximum atomic E-state index is 13.6. The van der Waals surface area contributed by atoms with Crippen molar-refractivity contribution in [1.29, 1.82) is 0 Å². The number of hydrogen-bond donors (Lipinski definition) is 2. The zero-order chi connectivity index (χ0) is 27.7. The number of carboxylic acid groups (broad SMARTS) is 1. The Kier molecular flexibility index (Phi) is 7.75. The van der Waals surface area contributed by atoms with E-state index in [0.29, 0.717) is 43.0 Å². The molecule has 2 heterocycles. The smallest absolute Gasteiger partial charge is 0.303 e. The van der Waals surface area contributed by atoms with E-state index in [1.807, 2.05) is 30.3 Å². The van der Waals surface area contributed by atoms with Crippen molar-refractivity contribution >= 4 is 63.3 Å². The lowest BCUT2D eigenvalue weighted by atomic mass is 9.91. The number of aliphatic carboxylic acids is 1. The van der Waals surface area contributed by atoms with Crippen molar-refractivity contribution in [2.24, 2.45) is 5.10 Å². The summed E-state index contributed by atoms with van der Waals surface area (Å²) >= 11 is 19.0. The number of nitrogens with one attached hydrogen (secondary N) is 1. The highest BCUT2D eigenvalue weighted by molar-refractivity contribution is 6.35. The van der Waals surface area contributed by atoms with Gasteiger partial charge in [0.15, 0.2) is 0 Å². The average Bonchev–Trinajstić information content (AvgIpc) is 3.33. The molecule has 1 atom stereocenters. The Morgan fingerprint density at radius 3 is 2.38 bits per heavy atom. The highest BCUT2D eigenvalue weighted by Gasteiger charge is 2.36. The van der Waals surface area contributed by atoms with Crippen LogP contribution >= 0.6 is 34.8 Å². The van der Waals surface area contributed by atoms with E-state index in [1.165, 1.54) is 5.01 Å². The topological polar surface area (TPSA) is 103 Å². The molecule has 198 valence electrons. The number of aromatic amines is 1. The molecule has 0 aliphatic carbocycles. The number of benzene rings is 3. The van der Waals surface area contributed by atoms with Crippen LogP contribution in [0.1, 0.15) is 42.9 Å². The van der Waals surface area contributed by atoms with Crippen LogP contribution in [0.2, 0.25) is 15.1 Å². The number of amides is 1. The normalized spacial score (nSPS) is 15.0. The SMILES string of the molecule is O=C(O)CCCC(=O)N1N=C(c2c(-c3ccccc3)c3cc(Cl)ccc3[nH]c2=O)CC1c1ccc(Cl)cc1Cl. The van der Waals surface area contributed by atoms with Crippen LogP contribution in [0.3, 0.4) is 0 Å². The molecule has 39 heavy (non-hydrogen) atoms. The second-order valence-electron chi connectivity index (χ2n) is 9.18. The fraction of sp³-hybridized carbons (Fsp3) is 0.172. The number of carbonyl (C=O) groups excluding carboxylic acids is 1. The van der Waals surface area contributed by atoms with Gasteiger partial charge in [-0.1, -0.05) is 71.2 Å². The molecule has 5 rings (SSSR count). The van der Waals surface area contributed by atoms with Gasteiger partial charge in [0.2, 0.25) is 5.91 Å². The zero-order valence-corrected chi connectivity index (χ0v) is 22.7. The molecule has 0 bridgehead atoms. The Hall–Kier alpha value is -3.65. The molecule has 0 spiro atoms. The number of carboxylic acids is 1. The Morgan fingerprint density at radius 1 is 0.949 bits per heavy atom. The molecule has 0 radical (unpaired) electrons. The number of rotatable bonds is 7. The number of hydrogen-bond acceptors (Lipinski definition) is 4. The quantitative estimate of drug-likeness (QED) is 0.243. The number of pyridine rings is 1. The molecule has 4 aromatic rings. The molecule has 10 heteroatoms. The summed E-state index contributed by atoms with van der Waals surface area (Å²) in [4.78, 5) is 40.9. The van der Waals surface area contributed by atoms with Crippen LogP contribution in [0, 0.1) is 0 Å². The molecule has 1 aromatic heterocycles. The highest BCUT2D eigenvalue weighted by Crippen LogP contribution is 2.40. The van der Waals surface area contributed by atoms with Gasteiger partial charge in [0.1, 0.15) is 0 Å². The van der Waals surface area contributed by atoms with Gasteiger partial charge in [0, 0.05) is 50.8 Å². The lowest BCUT2D eigenvalue weighted by Gasteiger charge is -2.23. The lowest BCUT2D eigenvalue weighted by Crippen LogP contribution is -2.27. The Morgan fingerprint density at radius 2 is 1.67 bits per heavy atom. The first-order valence-corrected chi connectivity index (χ1v) is 13.3. The van der Waals surface area contributed by atoms with Gasteiger partial charge in [-0.3, -0.25) is 14.4 Å². The minimum absolute atomic E-state index is 0.0278. The standard InChI is InChI=1S/C29H22Cl3N3O4/c30-17-10-12-22-20(13-17)27(16-5-2-1-3-6-16)28(29(39)33-22)23-15-24(19-11-9-18(31)14-21(19)32)35(34-23)25(36)7-4-8-26(37)38/h1-3,5-6,9-14,24H,4,7-8,15H2,(H,33,39)(H,37,38). The van der Waals surface area contributed by atoms with Gasteiger partial charge in [-0.15, -0.1) is 0 Å². The third-order valence-electron chi connectivity index (χ3n) is 6.60. The van der Waals surface area contributed by atoms with Crippen molar-refractivity contribution in [3.8, 4) is 11.1 Å². The van der Waals surface area contributed by atoms with Crippen molar-refractivity contribution in [1.82, 2.24) is 9.99 Å². The van der Waals surface area contributed by atoms with E-state index in [0.717, 1.165) is 10.9 Å².